The van der Waals surface area contributed by atoms with Crippen LogP contribution in [0.15, 0.2) is 24.3 Å². The number of halogens is 1. The molecule has 1 aliphatic rings. The maximum atomic E-state index is 6.26. The Kier molecular flexibility index (Phi) is 3.33. The van der Waals surface area contributed by atoms with Gasteiger partial charge in [0.2, 0.25) is 0 Å². The maximum absolute atomic E-state index is 6.26. The number of rotatable bonds is 2. The van der Waals surface area contributed by atoms with Crippen molar-refractivity contribution >= 4 is 11.6 Å². The SMILES string of the molecule is CCc1nn(-c2ccc(Cl)cc2)c2c1C(N)CCC2. The zero-order chi connectivity index (χ0) is 13.4. The van der Waals surface area contributed by atoms with Crippen molar-refractivity contribution in [1.29, 1.82) is 0 Å². The van der Waals surface area contributed by atoms with Crippen LogP contribution in [0.4, 0.5) is 0 Å². The minimum absolute atomic E-state index is 0.139. The third-order valence-electron chi connectivity index (χ3n) is 3.80. The first-order chi connectivity index (χ1) is 9.20. The lowest BCUT2D eigenvalue weighted by Gasteiger charge is -2.20. The molecule has 3 rings (SSSR count). The van der Waals surface area contributed by atoms with E-state index in [0.29, 0.717) is 0 Å². The number of benzene rings is 1. The number of nitrogens with two attached hydrogens (primary N) is 1. The standard InChI is InChI=1S/C15H18ClN3/c1-2-13-15-12(17)4-3-5-14(15)19(18-13)11-8-6-10(16)7-9-11/h6-9,12H,2-5,17H2,1H3. The molecule has 2 N–H and O–H groups in total. The van der Waals surface area contributed by atoms with Crippen molar-refractivity contribution in [3.05, 3.63) is 46.2 Å². The van der Waals surface area contributed by atoms with Gasteiger partial charge in [0, 0.05) is 22.3 Å². The van der Waals surface area contributed by atoms with E-state index in [4.69, 9.17) is 22.4 Å². The first kappa shape index (κ1) is 12.7. The van der Waals surface area contributed by atoms with E-state index < -0.39 is 0 Å². The van der Waals surface area contributed by atoms with Crippen LogP contribution in [0, 0.1) is 0 Å². The van der Waals surface area contributed by atoms with Crippen molar-refractivity contribution in [1.82, 2.24) is 9.78 Å². The molecule has 100 valence electrons. The van der Waals surface area contributed by atoms with Crippen molar-refractivity contribution in [2.45, 2.75) is 38.6 Å². The van der Waals surface area contributed by atoms with Gasteiger partial charge < -0.3 is 5.73 Å². The third-order valence-corrected chi connectivity index (χ3v) is 4.06. The number of nitrogens with zero attached hydrogens (tertiary/aromatic N) is 2. The van der Waals surface area contributed by atoms with E-state index in [1.807, 2.05) is 28.9 Å². The molecule has 0 fully saturated rings. The summed E-state index contributed by atoms with van der Waals surface area (Å²) in [6.45, 7) is 2.14. The van der Waals surface area contributed by atoms with Crippen LogP contribution in [0.1, 0.15) is 42.8 Å². The molecule has 1 aliphatic carbocycles. The minimum Gasteiger partial charge on any atom is -0.324 e. The topological polar surface area (TPSA) is 43.8 Å². The van der Waals surface area contributed by atoms with Gasteiger partial charge in [0.05, 0.1) is 11.4 Å². The first-order valence-electron chi connectivity index (χ1n) is 6.83. The van der Waals surface area contributed by atoms with Crippen molar-refractivity contribution in [3.63, 3.8) is 0 Å². The molecule has 1 unspecified atom stereocenters. The highest BCUT2D eigenvalue weighted by atomic mass is 35.5. The van der Waals surface area contributed by atoms with Crippen LogP contribution < -0.4 is 5.73 Å². The van der Waals surface area contributed by atoms with Gasteiger partial charge in [-0.1, -0.05) is 18.5 Å². The zero-order valence-corrected chi connectivity index (χ0v) is 11.8. The van der Waals surface area contributed by atoms with E-state index in [-0.39, 0.29) is 6.04 Å². The molecule has 0 spiro atoms. The second-order valence-corrected chi connectivity index (χ2v) is 5.48. The quantitative estimate of drug-likeness (QED) is 0.913. The first-order valence-corrected chi connectivity index (χ1v) is 7.20. The van der Waals surface area contributed by atoms with Gasteiger partial charge in [0.25, 0.3) is 0 Å². The molecule has 2 aromatic rings. The summed E-state index contributed by atoms with van der Waals surface area (Å²) in [6.07, 6.45) is 4.18. The number of aromatic nitrogens is 2. The van der Waals surface area contributed by atoms with Crippen LogP contribution in [0.2, 0.25) is 5.02 Å². The van der Waals surface area contributed by atoms with E-state index >= 15 is 0 Å². The molecule has 0 amide bonds. The molecule has 0 bridgehead atoms. The van der Waals surface area contributed by atoms with Gasteiger partial charge in [-0.15, -0.1) is 0 Å². The maximum Gasteiger partial charge on any atom is 0.0676 e. The molecule has 1 heterocycles. The van der Waals surface area contributed by atoms with Crippen LogP contribution in [0.25, 0.3) is 5.69 Å². The van der Waals surface area contributed by atoms with Gasteiger partial charge in [-0.25, -0.2) is 4.68 Å². The molecule has 1 aromatic carbocycles. The average Bonchev–Trinajstić information content (AvgIpc) is 2.80. The van der Waals surface area contributed by atoms with E-state index in [2.05, 4.69) is 6.92 Å². The van der Waals surface area contributed by atoms with Gasteiger partial charge in [-0.2, -0.15) is 5.10 Å². The Labute approximate surface area is 118 Å². The highest BCUT2D eigenvalue weighted by Gasteiger charge is 2.25. The van der Waals surface area contributed by atoms with Crippen molar-refractivity contribution in [3.8, 4) is 5.69 Å². The lowest BCUT2D eigenvalue weighted by molar-refractivity contribution is 0.556. The predicted octanol–water partition coefficient (Wildman–Crippen LogP) is 3.42. The van der Waals surface area contributed by atoms with Crippen LogP contribution in [-0.2, 0) is 12.8 Å². The smallest absolute Gasteiger partial charge is 0.0676 e. The summed E-state index contributed by atoms with van der Waals surface area (Å²) in [7, 11) is 0. The summed E-state index contributed by atoms with van der Waals surface area (Å²) < 4.78 is 2.05. The minimum atomic E-state index is 0.139. The molecule has 0 saturated heterocycles. The molecule has 1 aromatic heterocycles. The summed E-state index contributed by atoms with van der Waals surface area (Å²) in [4.78, 5) is 0. The fraction of sp³-hybridized carbons (Fsp3) is 0.400. The van der Waals surface area contributed by atoms with Crippen molar-refractivity contribution in [2.75, 3.05) is 0 Å². The molecule has 19 heavy (non-hydrogen) atoms. The van der Waals surface area contributed by atoms with E-state index in [1.165, 1.54) is 11.3 Å². The lowest BCUT2D eigenvalue weighted by Crippen LogP contribution is -2.19. The Balaban J connectivity index is 2.14. The summed E-state index contributed by atoms with van der Waals surface area (Å²) >= 11 is 5.95. The Bertz CT molecular complexity index is 586. The van der Waals surface area contributed by atoms with E-state index in [9.17, 15) is 0 Å². The predicted molar refractivity (Wildman–Crippen MR) is 77.8 cm³/mol. The van der Waals surface area contributed by atoms with Gasteiger partial charge in [0.15, 0.2) is 0 Å². The molecular formula is C15H18ClN3. The van der Waals surface area contributed by atoms with Crippen LogP contribution in [0.3, 0.4) is 0 Å². The van der Waals surface area contributed by atoms with Gasteiger partial charge in [-0.05, 0) is 49.9 Å². The molecule has 0 saturated carbocycles. The Morgan fingerprint density at radius 3 is 2.79 bits per heavy atom. The Morgan fingerprint density at radius 2 is 2.11 bits per heavy atom. The Hall–Kier alpha value is -1.32. The fourth-order valence-electron chi connectivity index (χ4n) is 2.87. The van der Waals surface area contributed by atoms with E-state index in [0.717, 1.165) is 42.1 Å². The highest BCUT2D eigenvalue weighted by molar-refractivity contribution is 6.30. The lowest BCUT2D eigenvalue weighted by atomic mass is 9.91. The number of hydrogen-bond acceptors (Lipinski definition) is 2. The van der Waals surface area contributed by atoms with Crippen LogP contribution >= 0.6 is 11.6 Å². The number of hydrogen-bond donors (Lipinski definition) is 1. The van der Waals surface area contributed by atoms with Gasteiger partial charge in [0.1, 0.15) is 0 Å². The Morgan fingerprint density at radius 1 is 1.37 bits per heavy atom. The molecular weight excluding hydrogens is 258 g/mol. The number of aryl methyl sites for hydroxylation is 1. The zero-order valence-electron chi connectivity index (χ0n) is 11.1. The number of fused-ring (bicyclic) bond motifs is 1. The summed E-state index contributed by atoms with van der Waals surface area (Å²) in [5.74, 6) is 0. The second-order valence-electron chi connectivity index (χ2n) is 5.05. The largest absolute Gasteiger partial charge is 0.324 e. The molecule has 4 heteroatoms. The van der Waals surface area contributed by atoms with Gasteiger partial charge in [-0.3, -0.25) is 0 Å². The molecule has 1 atom stereocenters. The average molecular weight is 276 g/mol. The third kappa shape index (κ3) is 2.17. The van der Waals surface area contributed by atoms with E-state index in [1.54, 1.807) is 0 Å². The normalized spacial score (nSPS) is 18.4. The van der Waals surface area contributed by atoms with Crippen LogP contribution in [0.5, 0.6) is 0 Å². The second kappa shape index (κ2) is 4.99. The molecule has 0 radical (unpaired) electrons. The van der Waals surface area contributed by atoms with Crippen molar-refractivity contribution in [2.24, 2.45) is 5.73 Å². The monoisotopic (exact) mass is 275 g/mol. The summed E-state index contributed by atoms with van der Waals surface area (Å²) in [5, 5.41) is 5.50. The van der Waals surface area contributed by atoms with Crippen LogP contribution in [-0.4, -0.2) is 9.78 Å². The van der Waals surface area contributed by atoms with Crippen molar-refractivity contribution < 1.29 is 0 Å². The molecule has 3 nitrogen and oxygen atoms in total. The summed E-state index contributed by atoms with van der Waals surface area (Å²) in [5.41, 5.74) is 11.0. The highest BCUT2D eigenvalue weighted by Crippen LogP contribution is 2.32. The van der Waals surface area contributed by atoms with Gasteiger partial charge >= 0.3 is 0 Å². The fourth-order valence-corrected chi connectivity index (χ4v) is 3.00. The molecule has 0 aliphatic heterocycles. The summed E-state index contributed by atoms with van der Waals surface area (Å²) in [6, 6.07) is 7.96.